The fourth-order valence-corrected chi connectivity index (χ4v) is 2.99. The molecular weight excluding hydrogens is 336 g/mol. The minimum atomic E-state index is -1.18. The topological polar surface area (TPSA) is 66.5 Å². The van der Waals surface area contributed by atoms with E-state index >= 15 is 0 Å². The Morgan fingerprint density at radius 2 is 1.81 bits per heavy atom. The summed E-state index contributed by atoms with van der Waals surface area (Å²) >= 11 is 3.36. The maximum Gasteiger partial charge on any atom is 0.335 e. The third-order valence-electron chi connectivity index (χ3n) is 4.02. The van der Waals surface area contributed by atoms with E-state index in [1.807, 2.05) is 13.0 Å². The summed E-state index contributed by atoms with van der Waals surface area (Å²) in [5, 5.41) is 2.30. The first-order chi connectivity index (χ1) is 9.87. The molecule has 1 aliphatic heterocycles. The van der Waals surface area contributed by atoms with Crippen molar-refractivity contribution < 1.29 is 14.4 Å². The predicted molar refractivity (Wildman–Crippen MR) is 82.9 cm³/mol. The van der Waals surface area contributed by atoms with Gasteiger partial charge in [-0.05, 0) is 53.4 Å². The molecule has 0 atom stereocenters. The smallest absolute Gasteiger partial charge is 0.276 e. The molecule has 0 saturated carbocycles. The molecule has 1 aromatic rings. The fourth-order valence-electron chi connectivity index (χ4n) is 2.56. The van der Waals surface area contributed by atoms with E-state index in [9.17, 15) is 14.4 Å². The Balaban J connectivity index is 2.57. The minimum absolute atomic E-state index is 0.349. The molecule has 0 bridgehead atoms. The number of urea groups is 1. The Morgan fingerprint density at radius 3 is 2.38 bits per heavy atom. The number of imide groups is 2. The van der Waals surface area contributed by atoms with Crippen molar-refractivity contribution in [3.05, 3.63) is 28.2 Å². The molecule has 1 N–H and O–H groups in total. The van der Waals surface area contributed by atoms with E-state index in [1.54, 1.807) is 26.0 Å². The van der Waals surface area contributed by atoms with Crippen LogP contribution in [0.5, 0.6) is 0 Å². The average Bonchev–Trinajstić information content (AvgIpc) is 2.44. The molecule has 0 spiro atoms. The van der Waals surface area contributed by atoms with E-state index in [2.05, 4.69) is 21.2 Å². The molecule has 2 rings (SSSR count). The normalized spacial score (nSPS) is 17.9. The monoisotopic (exact) mass is 352 g/mol. The standard InChI is InChI=1S/C15H17BrN2O3/c1-4-15(5-2)12(19)17-14(21)18(13(15)20)11-8-9(3)6-7-10(11)16/h6-8H,4-5H2,1-3H3,(H,17,19,21). The first-order valence-electron chi connectivity index (χ1n) is 6.83. The van der Waals surface area contributed by atoms with Gasteiger partial charge in [0.2, 0.25) is 5.91 Å². The second-order valence-electron chi connectivity index (χ2n) is 5.14. The van der Waals surface area contributed by atoms with Gasteiger partial charge in [0, 0.05) is 4.47 Å². The van der Waals surface area contributed by atoms with E-state index in [0.29, 0.717) is 23.0 Å². The summed E-state index contributed by atoms with van der Waals surface area (Å²) in [5.74, 6) is -0.977. The van der Waals surface area contributed by atoms with Crippen LogP contribution in [-0.2, 0) is 9.59 Å². The SMILES string of the molecule is CCC1(CC)C(=O)NC(=O)N(c2cc(C)ccc2Br)C1=O. The lowest BCUT2D eigenvalue weighted by Gasteiger charge is -2.38. The van der Waals surface area contributed by atoms with E-state index < -0.39 is 23.3 Å². The summed E-state index contributed by atoms with van der Waals surface area (Å²) in [6.45, 7) is 5.43. The molecule has 6 heteroatoms. The molecule has 1 aromatic carbocycles. The van der Waals surface area contributed by atoms with Gasteiger partial charge in [0.1, 0.15) is 5.41 Å². The van der Waals surface area contributed by atoms with Gasteiger partial charge >= 0.3 is 6.03 Å². The van der Waals surface area contributed by atoms with Crippen molar-refractivity contribution in [1.29, 1.82) is 0 Å². The van der Waals surface area contributed by atoms with Gasteiger partial charge in [0.15, 0.2) is 0 Å². The highest BCUT2D eigenvalue weighted by molar-refractivity contribution is 9.10. The number of anilines is 1. The minimum Gasteiger partial charge on any atom is -0.276 e. The van der Waals surface area contributed by atoms with E-state index in [0.717, 1.165) is 10.5 Å². The van der Waals surface area contributed by atoms with Crippen molar-refractivity contribution in [1.82, 2.24) is 5.32 Å². The Morgan fingerprint density at radius 1 is 1.19 bits per heavy atom. The molecule has 1 aliphatic rings. The molecule has 4 amide bonds. The summed E-state index contributed by atoms with van der Waals surface area (Å²) in [7, 11) is 0. The fraction of sp³-hybridized carbons (Fsp3) is 0.400. The lowest BCUT2D eigenvalue weighted by molar-refractivity contribution is -0.143. The first kappa shape index (κ1) is 15.7. The zero-order valence-electron chi connectivity index (χ0n) is 12.2. The molecule has 0 radical (unpaired) electrons. The third kappa shape index (κ3) is 2.37. The molecule has 112 valence electrons. The van der Waals surface area contributed by atoms with Crippen LogP contribution >= 0.6 is 15.9 Å². The van der Waals surface area contributed by atoms with E-state index in [4.69, 9.17) is 0 Å². The third-order valence-corrected chi connectivity index (χ3v) is 4.69. The number of barbiturate groups is 1. The zero-order valence-corrected chi connectivity index (χ0v) is 13.8. The van der Waals surface area contributed by atoms with Crippen molar-refractivity contribution >= 4 is 39.5 Å². The number of nitrogens with one attached hydrogen (secondary N) is 1. The van der Waals surface area contributed by atoms with Gasteiger partial charge in [-0.3, -0.25) is 14.9 Å². The highest BCUT2D eigenvalue weighted by Crippen LogP contribution is 2.37. The van der Waals surface area contributed by atoms with Gasteiger partial charge in [-0.15, -0.1) is 0 Å². The van der Waals surface area contributed by atoms with Crippen molar-refractivity contribution in [2.45, 2.75) is 33.6 Å². The summed E-state index contributed by atoms with van der Waals surface area (Å²) < 4.78 is 0.632. The number of amides is 4. The van der Waals surface area contributed by atoms with Crippen LogP contribution in [0.1, 0.15) is 32.3 Å². The zero-order chi connectivity index (χ0) is 15.8. The Hall–Kier alpha value is -1.69. The molecule has 0 aromatic heterocycles. The van der Waals surface area contributed by atoms with Crippen LogP contribution in [0.3, 0.4) is 0 Å². The average molecular weight is 353 g/mol. The summed E-state index contributed by atoms with van der Waals surface area (Å²) in [6, 6.07) is 4.70. The number of hydrogen-bond donors (Lipinski definition) is 1. The number of rotatable bonds is 3. The Labute approximate surface area is 131 Å². The lowest BCUT2D eigenvalue weighted by atomic mass is 9.78. The molecule has 0 unspecified atom stereocenters. The molecule has 1 saturated heterocycles. The number of nitrogens with zero attached hydrogens (tertiary/aromatic N) is 1. The van der Waals surface area contributed by atoms with Gasteiger partial charge < -0.3 is 0 Å². The van der Waals surface area contributed by atoms with Crippen LogP contribution in [0.4, 0.5) is 10.5 Å². The molecule has 1 heterocycles. The van der Waals surface area contributed by atoms with Crippen LogP contribution in [0.15, 0.2) is 22.7 Å². The van der Waals surface area contributed by atoms with Gasteiger partial charge in [0.25, 0.3) is 5.91 Å². The molecule has 1 fully saturated rings. The molecule has 5 nitrogen and oxygen atoms in total. The number of benzene rings is 1. The Kier molecular flexibility index (Phi) is 4.18. The van der Waals surface area contributed by atoms with Crippen LogP contribution in [0, 0.1) is 12.3 Å². The van der Waals surface area contributed by atoms with Crippen LogP contribution in [0.2, 0.25) is 0 Å². The molecule has 0 aliphatic carbocycles. The number of hydrogen-bond acceptors (Lipinski definition) is 3. The Bertz CT molecular complexity index is 623. The van der Waals surface area contributed by atoms with Crippen LogP contribution in [0.25, 0.3) is 0 Å². The first-order valence-corrected chi connectivity index (χ1v) is 7.62. The van der Waals surface area contributed by atoms with Gasteiger partial charge in [-0.25, -0.2) is 9.69 Å². The molecule has 21 heavy (non-hydrogen) atoms. The number of carbonyl (C=O) groups is 3. The van der Waals surface area contributed by atoms with Gasteiger partial charge in [-0.2, -0.15) is 0 Å². The highest BCUT2D eigenvalue weighted by atomic mass is 79.9. The predicted octanol–water partition coefficient (Wildman–Crippen LogP) is 3.15. The maximum absolute atomic E-state index is 12.8. The van der Waals surface area contributed by atoms with E-state index in [1.165, 1.54) is 0 Å². The van der Waals surface area contributed by atoms with E-state index in [-0.39, 0.29) is 0 Å². The summed E-state index contributed by atoms with van der Waals surface area (Å²) in [5.41, 5.74) is 0.192. The number of halogens is 1. The van der Waals surface area contributed by atoms with Crippen molar-refractivity contribution in [2.24, 2.45) is 5.41 Å². The van der Waals surface area contributed by atoms with Crippen molar-refractivity contribution in [3.8, 4) is 0 Å². The maximum atomic E-state index is 12.8. The summed E-state index contributed by atoms with van der Waals surface area (Å²) in [4.78, 5) is 38.2. The lowest BCUT2D eigenvalue weighted by Crippen LogP contribution is -2.64. The van der Waals surface area contributed by atoms with Crippen molar-refractivity contribution in [2.75, 3.05) is 4.90 Å². The quantitative estimate of drug-likeness (QED) is 0.849. The highest BCUT2D eigenvalue weighted by Gasteiger charge is 2.52. The molecular formula is C15H17BrN2O3. The number of carbonyl (C=O) groups excluding carboxylic acids is 3. The van der Waals surface area contributed by atoms with Crippen LogP contribution < -0.4 is 10.2 Å². The second-order valence-corrected chi connectivity index (χ2v) is 6.00. The van der Waals surface area contributed by atoms with Crippen LogP contribution in [-0.4, -0.2) is 17.8 Å². The van der Waals surface area contributed by atoms with Gasteiger partial charge in [-0.1, -0.05) is 19.9 Å². The van der Waals surface area contributed by atoms with Gasteiger partial charge in [0.05, 0.1) is 5.69 Å². The largest absolute Gasteiger partial charge is 0.335 e. The summed E-state index contributed by atoms with van der Waals surface area (Å²) in [6.07, 6.45) is 0.697. The number of aryl methyl sites for hydroxylation is 1. The second kappa shape index (κ2) is 5.60. The van der Waals surface area contributed by atoms with Crippen molar-refractivity contribution in [3.63, 3.8) is 0 Å².